The highest BCUT2D eigenvalue weighted by molar-refractivity contribution is 7.99. The van der Waals surface area contributed by atoms with Gasteiger partial charge in [0.2, 0.25) is 11.1 Å². The van der Waals surface area contributed by atoms with E-state index in [1.165, 1.54) is 34.1 Å². The zero-order valence-corrected chi connectivity index (χ0v) is 13.2. The van der Waals surface area contributed by atoms with Crippen LogP contribution in [0.4, 0.5) is 0 Å². The number of thioether (sulfide) groups is 1. The SMILES string of the molecule is CCN(Cc1ccc(Cl)s1)C(=O)CSc1nncn1N. The number of nitrogens with zero attached hydrogens (tertiary/aromatic N) is 4. The van der Waals surface area contributed by atoms with Crippen LogP contribution in [0.15, 0.2) is 23.6 Å². The molecule has 20 heavy (non-hydrogen) atoms. The molecule has 0 aliphatic carbocycles. The Balaban J connectivity index is 1.90. The number of amides is 1. The van der Waals surface area contributed by atoms with E-state index in [4.69, 9.17) is 17.4 Å². The molecule has 0 aromatic carbocycles. The minimum absolute atomic E-state index is 0.0324. The predicted octanol–water partition coefficient (Wildman–Crippen LogP) is 1.85. The Bertz CT molecular complexity index is 585. The molecule has 0 atom stereocenters. The van der Waals surface area contributed by atoms with Crippen molar-refractivity contribution in [3.05, 3.63) is 27.7 Å². The Morgan fingerprint density at radius 1 is 1.60 bits per heavy atom. The maximum absolute atomic E-state index is 12.2. The number of halogens is 1. The summed E-state index contributed by atoms with van der Waals surface area (Å²) in [5.41, 5.74) is 0. The highest BCUT2D eigenvalue weighted by Gasteiger charge is 2.15. The van der Waals surface area contributed by atoms with Crippen molar-refractivity contribution in [2.75, 3.05) is 18.1 Å². The second-order valence-corrected chi connectivity index (χ2v) is 6.67. The first-order chi connectivity index (χ1) is 9.60. The van der Waals surface area contributed by atoms with Crippen molar-refractivity contribution in [1.29, 1.82) is 0 Å². The van der Waals surface area contributed by atoms with Crippen molar-refractivity contribution in [2.45, 2.75) is 18.6 Å². The average Bonchev–Trinajstić information content (AvgIpc) is 3.02. The lowest BCUT2D eigenvalue weighted by molar-refractivity contribution is -0.128. The third-order valence-electron chi connectivity index (χ3n) is 2.57. The molecule has 108 valence electrons. The second-order valence-electron chi connectivity index (χ2n) is 3.92. The molecule has 0 spiro atoms. The van der Waals surface area contributed by atoms with Crippen molar-refractivity contribution < 1.29 is 4.79 Å². The number of hydrogen-bond acceptors (Lipinski definition) is 6. The van der Waals surface area contributed by atoms with Crippen molar-refractivity contribution in [1.82, 2.24) is 19.8 Å². The number of carbonyl (C=O) groups excluding carboxylic acids is 1. The number of aromatic nitrogens is 3. The second kappa shape index (κ2) is 6.96. The fourth-order valence-corrected chi connectivity index (χ4v) is 3.39. The third-order valence-corrected chi connectivity index (χ3v) is 4.73. The van der Waals surface area contributed by atoms with Crippen LogP contribution < -0.4 is 5.84 Å². The monoisotopic (exact) mass is 331 g/mol. The molecule has 0 saturated heterocycles. The van der Waals surface area contributed by atoms with Crippen LogP contribution in [0.2, 0.25) is 4.34 Å². The molecule has 0 fully saturated rings. The van der Waals surface area contributed by atoms with Crippen LogP contribution in [-0.2, 0) is 11.3 Å². The molecule has 2 heterocycles. The van der Waals surface area contributed by atoms with Crippen LogP contribution >= 0.6 is 34.7 Å². The van der Waals surface area contributed by atoms with E-state index in [0.717, 1.165) is 9.21 Å². The molecule has 0 unspecified atom stereocenters. The van der Waals surface area contributed by atoms with Gasteiger partial charge in [0.05, 0.1) is 16.6 Å². The average molecular weight is 332 g/mol. The summed E-state index contributed by atoms with van der Waals surface area (Å²) in [6.45, 7) is 3.16. The highest BCUT2D eigenvalue weighted by atomic mass is 35.5. The van der Waals surface area contributed by atoms with Gasteiger partial charge in [-0.3, -0.25) is 4.79 Å². The summed E-state index contributed by atoms with van der Waals surface area (Å²) >= 11 is 8.65. The van der Waals surface area contributed by atoms with Crippen LogP contribution in [0.5, 0.6) is 0 Å². The Morgan fingerprint density at radius 2 is 2.40 bits per heavy atom. The van der Waals surface area contributed by atoms with E-state index in [0.29, 0.717) is 18.2 Å². The number of rotatable bonds is 6. The van der Waals surface area contributed by atoms with Gasteiger partial charge in [0.25, 0.3) is 0 Å². The van der Waals surface area contributed by atoms with Gasteiger partial charge in [-0.1, -0.05) is 23.4 Å². The van der Waals surface area contributed by atoms with Crippen LogP contribution in [0.1, 0.15) is 11.8 Å². The minimum Gasteiger partial charge on any atom is -0.337 e. The first-order valence-electron chi connectivity index (χ1n) is 5.90. The Labute approximate surface area is 129 Å². The smallest absolute Gasteiger partial charge is 0.233 e. The summed E-state index contributed by atoms with van der Waals surface area (Å²) in [5.74, 6) is 5.91. The minimum atomic E-state index is 0.0324. The maximum Gasteiger partial charge on any atom is 0.233 e. The molecule has 0 aliphatic rings. The summed E-state index contributed by atoms with van der Waals surface area (Å²) in [6, 6.07) is 3.78. The highest BCUT2D eigenvalue weighted by Crippen LogP contribution is 2.23. The molecule has 2 aromatic heterocycles. The van der Waals surface area contributed by atoms with E-state index in [1.807, 2.05) is 19.1 Å². The first kappa shape index (κ1) is 15.1. The molecule has 0 saturated carbocycles. The van der Waals surface area contributed by atoms with E-state index in [-0.39, 0.29) is 11.7 Å². The summed E-state index contributed by atoms with van der Waals surface area (Å²) in [5, 5.41) is 8.01. The molecule has 0 radical (unpaired) electrons. The molecule has 0 bridgehead atoms. The van der Waals surface area contributed by atoms with Crippen LogP contribution in [0.3, 0.4) is 0 Å². The van der Waals surface area contributed by atoms with Crippen molar-refractivity contribution >= 4 is 40.6 Å². The number of thiophene rings is 1. The van der Waals surface area contributed by atoms with Crippen molar-refractivity contribution in [3.63, 3.8) is 0 Å². The van der Waals surface area contributed by atoms with Crippen LogP contribution in [0.25, 0.3) is 0 Å². The van der Waals surface area contributed by atoms with Crippen LogP contribution in [0, 0.1) is 0 Å². The Hall–Kier alpha value is -1.25. The van der Waals surface area contributed by atoms with Gasteiger partial charge >= 0.3 is 0 Å². The lowest BCUT2D eigenvalue weighted by Gasteiger charge is -2.19. The molecule has 2 N–H and O–H groups in total. The van der Waals surface area contributed by atoms with Gasteiger partial charge in [-0.2, -0.15) is 0 Å². The molecular formula is C11H14ClN5OS2. The van der Waals surface area contributed by atoms with Gasteiger partial charge in [-0.25, -0.2) is 4.68 Å². The number of nitrogen functional groups attached to an aromatic ring is 1. The van der Waals surface area contributed by atoms with E-state index >= 15 is 0 Å². The Morgan fingerprint density at radius 3 is 2.95 bits per heavy atom. The summed E-state index contributed by atoms with van der Waals surface area (Å²) in [7, 11) is 0. The van der Waals surface area contributed by atoms with Gasteiger partial charge in [0.15, 0.2) is 0 Å². The molecule has 2 rings (SSSR count). The lowest BCUT2D eigenvalue weighted by Crippen LogP contribution is -2.31. The number of carbonyl (C=O) groups is 1. The molecular weight excluding hydrogens is 318 g/mol. The zero-order valence-electron chi connectivity index (χ0n) is 10.8. The van der Waals surface area contributed by atoms with E-state index in [2.05, 4.69) is 10.2 Å². The summed E-state index contributed by atoms with van der Waals surface area (Å²) in [6.07, 6.45) is 1.40. The van der Waals surface area contributed by atoms with E-state index in [9.17, 15) is 4.79 Å². The van der Waals surface area contributed by atoms with Gasteiger partial charge in [0, 0.05) is 11.4 Å². The van der Waals surface area contributed by atoms with Gasteiger partial charge in [0.1, 0.15) is 6.33 Å². The first-order valence-corrected chi connectivity index (χ1v) is 8.08. The normalized spacial score (nSPS) is 10.7. The standard InChI is InChI=1S/C11H14ClN5OS2/c1-2-16(5-8-3-4-9(12)20-8)10(18)6-19-11-15-14-7-17(11)13/h3-4,7H,2,5-6,13H2,1H3. The molecule has 2 aromatic rings. The summed E-state index contributed by atoms with van der Waals surface area (Å²) in [4.78, 5) is 15.0. The fraction of sp³-hybridized carbons (Fsp3) is 0.364. The number of hydrogen-bond donors (Lipinski definition) is 1. The molecule has 9 heteroatoms. The zero-order chi connectivity index (χ0) is 14.5. The predicted molar refractivity (Wildman–Crippen MR) is 81.3 cm³/mol. The van der Waals surface area contributed by atoms with Gasteiger partial charge in [-0.05, 0) is 19.1 Å². The molecule has 6 nitrogen and oxygen atoms in total. The molecule has 0 aliphatic heterocycles. The van der Waals surface area contributed by atoms with E-state index < -0.39 is 0 Å². The maximum atomic E-state index is 12.2. The van der Waals surface area contributed by atoms with Crippen LogP contribution in [-0.4, -0.2) is 38.0 Å². The lowest BCUT2D eigenvalue weighted by atomic mass is 10.4. The molecule has 1 amide bonds. The third kappa shape index (κ3) is 3.87. The fourth-order valence-electron chi connectivity index (χ4n) is 1.55. The van der Waals surface area contributed by atoms with Gasteiger partial charge in [-0.15, -0.1) is 21.5 Å². The number of nitrogens with two attached hydrogens (primary N) is 1. The topological polar surface area (TPSA) is 77.0 Å². The van der Waals surface area contributed by atoms with Crippen molar-refractivity contribution in [3.8, 4) is 0 Å². The largest absolute Gasteiger partial charge is 0.337 e. The van der Waals surface area contributed by atoms with Gasteiger partial charge < -0.3 is 10.7 Å². The van der Waals surface area contributed by atoms with E-state index in [1.54, 1.807) is 4.90 Å². The Kier molecular flexibility index (Phi) is 5.27. The quantitative estimate of drug-likeness (QED) is 0.645. The van der Waals surface area contributed by atoms with Crippen molar-refractivity contribution in [2.24, 2.45) is 0 Å². The summed E-state index contributed by atoms with van der Waals surface area (Å²) < 4.78 is 2.03.